The summed E-state index contributed by atoms with van der Waals surface area (Å²) in [4.78, 5) is 12.0. The molecule has 3 N–H and O–H groups in total. The molecule has 32 heavy (non-hydrogen) atoms. The largest absolute Gasteiger partial charge is 0.493 e. The van der Waals surface area contributed by atoms with Crippen LogP contribution in [0.5, 0.6) is 5.75 Å². The summed E-state index contributed by atoms with van der Waals surface area (Å²) in [5.41, 5.74) is -3.37. The molecule has 9 heteroatoms. The number of alkyl halides is 3. The van der Waals surface area contributed by atoms with Gasteiger partial charge in [0.15, 0.2) is 5.60 Å². The van der Waals surface area contributed by atoms with Gasteiger partial charge in [0, 0.05) is 22.1 Å². The number of hydrogen-bond acceptors (Lipinski definition) is 5. The number of aromatic amines is 1. The van der Waals surface area contributed by atoms with Gasteiger partial charge in [-0.05, 0) is 37.5 Å². The number of fused-ring (bicyclic) bond motifs is 2. The Morgan fingerprint density at radius 1 is 1.19 bits per heavy atom. The summed E-state index contributed by atoms with van der Waals surface area (Å²) in [6.45, 7) is 1.34. The van der Waals surface area contributed by atoms with Crippen molar-refractivity contribution in [3.63, 3.8) is 0 Å². The van der Waals surface area contributed by atoms with Crippen LogP contribution in [0.25, 0.3) is 10.8 Å². The fourth-order valence-electron chi connectivity index (χ4n) is 4.53. The van der Waals surface area contributed by atoms with Crippen LogP contribution in [-0.4, -0.2) is 40.2 Å². The molecule has 170 valence electrons. The Bertz CT molecular complexity index is 1180. The molecule has 2 aromatic carbocycles. The van der Waals surface area contributed by atoms with Gasteiger partial charge >= 0.3 is 6.18 Å². The number of ether oxygens (including phenoxy) is 1. The molecule has 1 aliphatic heterocycles. The first-order chi connectivity index (χ1) is 15.2. The zero-order valence-electron chi connectivity index (χ0n) is 17.5. The molecule has 0 saturated carbocycles. The summed E-state index contributed by atoms with van der Waals surface area (Å²) in [6.07, 6.45) is -3.24. The smallest absolute Gasteiger partial charge is 0.418 e. The fraction of sp³-hybridized carbons (Fsp3) is 0.391. The molecular formula is C23H24F3N3O3. The van der Waals surface area contributed by atoms with Crippen LogP contribution in [0, 0.1) is 0 Å². The average Bonchev–Trinajstić information content (AvgIpc) is 2.77. The third kappa shape index (κ3) is 3.81. The maximum atomic E-state index is 14.2. The number of nitrogens with zero attached hydrogens (tertiary/aromatic N) is 1. The summed E-state index contributed by atoms with van der Waals surface area (Å²) in [5, 5.41) is 20.4. The highest BCUT2D eigenvalue weighted by molar-refractivity contribution is 5.92. The molecule has 0 fully saturated rings. The molecule has 4 rings (SSSR count). The molecule has 3 aromatic rings. The predicted octanol–water partition coefficient (Wildman–Crippen LogP) is 4.15. The third-order valence-electron chi connectivity index (χ3n) is 6.41. The summed E-state index contributed by atoms with van der Waals surface area (Å²) in [5.74, 6) is 0.553. The molecule has 2 unspecified atom stereocenters. The molecular weight excluding hydrogens is 423 g/mol. The lowest BCUT2D eigenvalue weighted by Crippen LogP contribution is -2.55. The Morgan fingerprint density at radius 3 is 2.72 bits per heavy atom. The second-order valence-corrected chi connectivity index (χ2v) is 8.25. The van der Waals surface area contributed by atoms with Crippen LogP contribution in [0.2, 0.25) is 0 Å². The van der Waals surface area contributed by atoms with Gasteiger partial charge in [0.2, 0.25) is 0 Å². The van der Waals surface area contributed by atoms with E-state index in [1.807, 2.05) is 6.92 Å². The number of hydrogen-bond donors (Lipinski definition) is 3. The zero-order chi connectivity index (χ0) is 23.0. The number of halogens is 3. The van der Waals surface area contributed by atoms with E-state index in [9.17, 15) is 23.1 Å². The van der Waals surface area contributed by atoms with Gasteiger partial charge in [0.25, 0.3) is 5.56 Å². The molecule has 0 aliphatic carbocycles. The van der Waals surface area contributed by atoms with Gasteiger partial charge in [0.1, 0.15) is 5.75 Å². The molecule has 0 saturated heterocycles. The van der Waals surface area contributed by atoms with Crippen molar-refractivity contribution < 1.29 is 23.0 Å². The lowest BCUT2D eigenvalue weighted by molar-refractivity contribution is -0.262. The molecule has 1 aromatic heterocycles. The second-order valence-electron chi connectivity index (χ2n) is 8.25. The predicted molar refractivity (Wildman–Crippen MR) is 115 cm³/mol. The van der Waals surface area contributed by atoms with Crippen molar-refractivity contribution in [1.82, 2.24) is 10.2 Å². The van der Waals surface area contributed by atoms with Crippen LogP contribution in [-0.2, 0) is 5.41 Å². The number of H-pyrrole nitrogens is 1. The Hall–Kier alpha value is -3.07. The van der Waals surface area contributed by atoms with Crippen LogP contribution >= 0.6 is 0 Å². The molecule has 0 bridgehead atoms. The van der Waals surface area contributed by atoms with Crippen molar-refractivity contribution in [2.75, 3.05) is 18.5 Å². The lowest BCUT2D eigenvalue weighted by Gasteiger charge is -2.44. The first-order valence-corrected chi connectivity index (χ1v) is 10.4. The van der Waals surface area contributed by atoms with Gasteiger partial charge < -0.3 is 15.2 Å². The van der Waals surface area contributed by atoms with Crippen molar-refractivity contribution in [2.24, 2.45) is 0 Å². The molecule has 2 atom stereocenters. The molecule has 0 radical (unpaired) electrons. The van der Waals surface area contributed by atoms with Crippen molar-refractivity contribution in [3.05, 3.63) is 64.6 Å². The number of benzene rings is 2. The van der Waals surface area contributed by atoms with Gasteiger partial charge in [-0.15, -0.1) is 0 Å². The molecule has 1 aliphatic rings. The zero-order valence-corrected chi connectivity index (χ0v) is 17.5. The van der Waals surface area contributed by atoms with Gasteiger partial charge in [-0.25, -0.2) is 5.10 Å². The molecule has 0 spiro atoms. The number of nitrogens with one attached hydrogen (secondary N) is 2. The second kappa shape index (κ2) is 8.12. The molecule has 2 heterocycles. The van der Waals surface area contributed by atoms with Crippen molar-refractivity contribution in [1.29, 1.82) is 0 Å². The van der Waals surface area contributed by atoms with E-state index >= 15 is 0 Å². The van der Waals surface area contributed by atoms with E-state index in [1.54, 1.807) is 42.5 Å². The van der Waals surface area contributed by atoms with E-state index < -0.39 is 35.7 Å². The first kappa shape index (κ1) is 22.1. The third-order valence-corrected chi connectivity index (χ3v) is 6.41. The Kier molecular flexibility index (Phi) is 5.62. The van der Waals surface area contributed by atoms with Crippen LogP contribution in [0.1, 0.15) is 31.7 Å². The number of para-hydroxylation sites is 1. The molecule has 6 nitrogen and oxygen atoms in total. The van der Waals surface area contributed by atoms with E-state index in [0.29, 0.717) is 40.6 Å². The first-order valence-electron chi connectivity index (χ1n) is 10.4. The summed E-state index contributed by atoms with van der Waals surface area (Å²) >= 11 is 0. The number of anilines is 1. The van der Waals surface area contributed by atoms with Crippen molar-refractivity contribution in [3.8, 4) is 5.75 Å². The number of aliphatic hydroxyl groups is 1. The Balaban J connectivity index is 1.69. The molecule has 0 amide bonds. The monoisotopic (exact) mass is 447 g/mol. The topological polar surface area (TPSA) is 87.2 Å². The maximum absolute atomic E-state index is 14.2. The highest BCUT2D eigenvalue weighted by atomic mass is 19.4. The SMILES string of the molecule is CCC1(CC(O)(CNc2cccc3c(=O)[nH]ncc23)C(F)(F)F)CCOc2ccccc21. The van der Waals surface area contributed by atoms with Crippen LogP contribution in [0.4, 0.5) is 18.9 Å². The van der Waals surface area contributed by atoms with E-state index in [1.165, 1.54) is 6.20 Å². The highest BCUT2D eigenvalue weighted by Crippen LogP contribution is 2.49. The minimum Gasteiger partial charge on any atom is -0.493 e. The summed E-state index contributed by atoms with van der Waals surface area (Å²) < 4.78 is 48.4. The van der Waals surface area contributed by atoms with E-state index in [0.717, 1.165) is 0 Å². The van der Waals surface area contributed by atoms with Crippen molar-refractivity contribution >= 4 is 16.5 Å². The van der Waals surface area contributed by atoms with Crippen LogP contribution in [0.3, 0.4) is 0 Å². The standard InChI is InChI=1S/C23H24F3N3O3/c1-2-21(10-11-32-19-9-4-3-7-17(19)21)13-22(31,23(24,25)26)14-27-18-8-5-6-15-16(18)12-28-29-20(15)30/h3-9,12,27,31H,2,10-11,13-14H2,1H3,(H,29,30). The van der Waals surface area contributed by atoms with Gasteiger partial charge in [-0.1, -0.05) is 31.2 Å². The minimum atomic E-state index is -4.88. The quantitative estimate of drug-likeness (QED) is 0.529. The summed E-state index contributed by atoms with van der Waals surface area (Å²) in [6, 6.07) is 11.7. The maximum Gasteiger partial charge on any atom is 0.418 e. The Morgan fingerprint density at radius 2 is 1.97 bits per heavy atom. The Labute approximate surface area is 182 Å². The van der Waals surface area contributed by atoms with Gasteiger partial charge in [-0.2, -0.15) is 18.3 Å². The fourth-order valence-corrected chi connectivity index (χ4v) is 4.53. The van der Waals surface area contributed by atoms with E-state index in [-0.39, 0.29) is 6.61 Å². The van der Waals surface area contributed by atoms with Gasteiger partial charge in [-0.3, -0.25) is 4.79 Å². The minimum absolute atomic E-state index is 0.282. The van der Waals surface area contributed by atoms with Crippen LogP contribution in [0.15, 0.2) is 53.5 Å². The van der Waals surface area contributed by atoms with Crippen LogP contribution < -0.4 is 15.6 Å². The summed E-state index contributed by atoms with van der Waals surface area (Å²) in [7, 11) is 0. The van der Waals surface area contributed by atoms with Crippen molar-refractivity contribution in [2.45, 2.75) is 43.4 Å². The lowest BCUT2D eigenvalue weighted by atomic mass is 9.67. The normalized spacial score (nSPS) is 20.3. The van der Waals surface area contributed by atoms with E-state index in [4.69, 9.17) is 4.74 Å². The van der Waals surface area contributed by atoms with Gasteiger partial charge in [0.05, 0.1) is 24.7 Å². The average molecular weight is 447 g/mol. The number of rotatable bonds is 6. The van der Waals surface area contributed by atoms with E-state index in [2.05, 4.69) is 15.5 Å². The highest BCUT2D eigenvalue weighted by Gasteiger charge is 2.57. The number of aromatic nitrogens is 2.